The van der Waals surface area contributed by atoms with Gasteiger partial charge < -0.3 is 15.6 Å². The van der Waals surface area contributed by atoms with Crippen LogP contribution in [0.3, 0.4) is 0 Å². The number of carbonyl (C=O) groups excluding carboxylic acids is 1. The van der Waals surface area contributed by atoms with Gasteiger partial charge in [0, 0.05) is 19.2 Å². The molecule has 0 aliphatic heterocycles. The second-order valence-electron chi connectivity index (χ2n) is 6.79. The number of ether oxygens (including phenoxy) is 1. The van der Waals surface area contributed by atoms with Crippen LogP contribution in [-0.2, 0) is 13.5 Å². The second-order valence-corrected chi connectivity index (χ2v) is 7.19. The number of primary amides is 1. The van der Waals surface area contributed by atoms with Crippen LogP contribution in [0.25, 0.3) is 22.2 Å². The third-order valence-corrected chi connectivity index (χ3v) is 5.03. The van der Waals surface area contributed by atoms with Crippen molar-refractivity contribution in [1.82, 2.24) is 14.8 Å². The summed E-state index contributed by atoms with van der Waals surface area (Å²) in [4.78, 5) is 15.9. The predicted octanol–water partition coefficient (Wildman–Crippen LogP) is 3.71. The van der Waals surface area contributed by atoms with E-state index in [9.17, 15) is 9.90 Å². The zero-order valence-electron chi connectivity index (χ0n) is 16.2. The van der Waals surface area contributed by atoms with E-state index in [1.807, 2.05) is 37.4 Å². The predicted molar refractivity (Wildman–Crippen MR) is 115 cm³/mol. The molecule has 152 valence electrons. The number of halogens is 1. The minimum Gasteiger partial charge on any atom is -0.457 e. The van der Waals surface area contributed by atoms with Gasteiger partial charge in [0.1, 0.15) is 17.2 Å². The molecule has 0 saturated heterocycles. The highest BCUT2D eigenvalue weighted by Crippen LogP contribution is 2.34. The minimum absolute atomic E-state index is 0.0294. The SMILES string of the molecule is Cn1ncc2c(Oc3ccc(-c4cc(CCO)cc(C(N)=O)n4)cc3)ccc(Cl)c21. The number of aliphatic hydroxyl groups excluding tert-OH is 1. The fourth-order valence-electron chi connectivity index (χ4n) is 3.26. The third-order valence-electron chi connectivity index (χ3n) is 4.73. The van der Waals surface area contributed by atoms with Crippen LogP contribution in [0.5, 0.6) is 11.5 Å². The molecule has 4 aromatic rings. The number of pyridine rings is 1. The molecule has 0 saturated carbocycles. The zero-order chi connectivity index (χ0) is 21.3. The number of aryl methyl sites for hydroxylation is 1. The topological polar surface area (TPSA) is 103 Å². The summed E-state index contributed by atoms with van der Waals surface area (Å²) in [6.45, 7) is -0.0294. The monoisotopic (exact) mass is 422 g/mol. The normalized spacial score (nSPS) is 11.0. The maximum Gasteiger partial charge on any atom is 0.267 e. The van der Waals surface area contributed by atoms with Crippen LogP contribution < -0.4 is 10.5 Å². The smallest absolute Gasteiger partial charge is 0.267 e. The van der Waals surface area contributed by atoms with Crippen LogP contribution in [0.2, 0.25) is 5.02 Å². The second kappa shape index (κ2) is 8.14. The summed E-state index contributed by atoms with van der Waals surface area (Å²) in [6.07, 6.45) is 2.13. The van der Waals surface area contributed by atoms with Gasteiger partial charge in [-0.3, -0.25) is 9.48 Å². The molecule has 0 fully saturated rings. The van der Waals surface area contributed by atoms with Gasteiger partial charge in [-0.25, -0.2) is 4.98 Å². The zero-order valence-corrected chi connectivity index (χ0v) is 16.9. The number of nitrogens with two attached hydrogens (primary N) is 1. The van der Waals surface area contributed by atoms with Gasteiger partial charge in [0.25, 0.3) is 5.91 Å². The van der Waals surface area contributed by atoms with Crippen molar-refractivity contribution in [3.63, 3.8) is 0 Å². The van der Waals surface area contributed by atoms with Crippen molar-refractivity contribution in [2.75, 3.05) is 6.61 Å². The first-order valence-corrected chi connectivity index (χ1v) is 9.64. The number of benzene rings is 2. The summed E-state index contributed by atoms with van der Waals surface area (Å²) in [7, 11) is 1.82. The lowest BCUT2D eigenvalue weighted by Gasteiger charge is -2.10. The Kier molecular flexibility index (Phi) is 5.39. The Labute approximate surface area is 177 Å². The molecule has 8 heteroatoms. The third kappa shape index (κ3) is 3.85. The molecule has 0 atom stereocenters. The molecule has 0 aliphatic carbocycles. The lowest BCUT2D eigenvalue weighted by molar-refractivity contribution is 0.0995. The molecular formula is C22H19ClN4O3. The summed E-state index contributed by atoms with van der Waals surface area (Å²) in [6, 6.07) is 14.3. The number of amides is 1. The van der Waals surface area contributed by atoms with Crippen LogP contribution in [0, 0.1) is 0 Å². The summed E-state index contributed by atoms with van der Waals surface area (Å²) >= 11 is 6.27. The molecule has 0 aliphatic rings. The fraction of sp³-hybridized carbons (Fsp3) is 0.136. The first-order chi connectivity index (χ1) is 14.5. The van der Waals surface area contributed by atoms with Gasteiger partial charge in [-0.05, 0) is 60.5 Å². The number of fused-ring (bicyclic) bond motifs is 1. The van der Waals surface area contributed by atoms with E-state index >= 15 is 0 Å². The lowest BCUT2D eigenvalue weighted by Crippen LogP contribution is -2.14. The van der Waals surface area contributed by atoms with E-state index in [0.29, 0.717) is 28.6 Å². The Morgan fingerprint density at radius 1 is 1.20 bits per heavy atom. The Balaban J connectivity index is 1.64. The number of aliphatic hydroxyl groups is 1. The summed E-state index contributed by atoms with van der Waals surface area (Å²) < 4.78 is 7.74. The Bertz CT molecular complexity index is 1240. The highest BCUT2D eigenvalue weighted by atomic mass is 35.5. The van der Waals surface area contributed by atoms with Gasteiger partial charge in [0.15, 0.2) is 0 Å². The molecule has 2 aromatic carbocycles. The molecule has 0 spiro atoms. The molecule has 0 radical (unpaired) electrons. The minimum atomic E-state index is -0.612. The molecule has 2 heterocycles. The maximum absolute atomic E-state index is 11.6. The lowest BCUT2D eigenvalue weighted by atomic mass is 10.1. The van der Waals surface area contributed by atoms with E-state index in [1.54, 1.807) is 29.1 Å². The molecular weight excluding hydrogens is 404 g/mol. The highest BCUT2D eigenvalue weighted by Gasteiger charge is 2.12. The average molecular weight is 423 g/mol. The van der Waals surface area contributed by atoms with Crippen molar-refractivity contribution < 1.29 is 14.6 Å². The molecule has 0 bridgehead atoms. The fourth-order valence-corrected chi connectivity index (χ4v) is 3.55. The molecule has 1 amide bonds. The van der Waals surface area contributed by atoms with Crippen molar-refractivity contribution in [1.29, 1.82) is 0 Å². The van der Waals surface area contributed by atoms with E-state index in [0.717, 1.165) is 22.0 Å². The summed E-state index contributed by atoms with van der Waals surface area (Å²) in [5.74, 6) is 0.668. The quantitative estimate of drug-likeness (QED) is 0.493. The maximum atomic E-state index is 11.6. The van der Waals surface area contributed by atoms with Crippen LogP contribution >= 0.6 is 11.6 Å². The summed E-state index contributed by atoms with van der Waals surface area (Å²) in [5, 5.41) is 14.9. The van der Waals surface area contributed by atoms with E-state index in [-0.39, 0.29) is 12.3 Å². The van der Waals surface area contributed by atoms with E-state index in [4.69, 9.17) is 22.1 Å². The Hall–Kier alpha value is -3.42. The van der Waals surface area contributed by atoms with Crippen LogP contribution in [0.15, 0.2) is 54.7 Å². The van der Waals surface area contributed by atoms with Crippen LogP contribution in [0.1, 0.15) is 16.1 Å². The number of nitrogens with zero attached hydrogens (tertiary/aromatic N) is 3. The number of carbonyl (C=O) groups is 1. The van der Waals surface area contributed by atoms with Crippen molar-refractivity contribution in [3.8, 4) is 22.8 Å². The number of rotatable bonds is 6. The molecule has 3 N–H and O–H groups in total. The largest absolute Gasteiger partial charge is 0.457 e. The molecule has 2 aromatic heterocycles. The highest BCUT2D eigenvalue weighted by molar-refractivity contribution is 6.35. The molecule has 30 heavy (non-hydrogen) atoms. The van der Waals surface area contributed by atoms with Gasteiger partial charge >= 0.3 is 0 Å². The molecule has 7 nitrogen and oxygen atoms in total. The van der Waals surface area contributed by atoms with Crippen LogP contribution in [0.4, 0.5) is 0 Å². The van der Waals surface area contributed by atoms with E-state index < -0.39 is 5.91 Å². The van der Waals surface area contributed by atoms with E-state index in [1.165, 1.54) is 0 Å². The molecule has 0 unspecified atom stereocenters. The number of aromatic nitrogens is 3. The Morgan fingerprint density at radius 3 is 2.67 bits per heavy atom. The van der Waals surface area contributed by atoms with Gasteiger partial charge in [-0.1, -0.05) is 11.6 Å². The van der Waals surface area contributed by atoms with E-state index in [2.05, 4.69) is 10.1 Å². The summed E-state index contributed by atoms with van der Waals surface area (Å²) in [5.41, 5.74) is 8.54. The number of hydrogen-bond acceptors (Lipinski definition) is 5. The first kappa shape index (κ1) is 19.9. The standard InChI is InChI=1S/C22H19ClN4O3/c1-27-21-16(12-25-27)20(7-6-17(21)23)30-15-4-2-14(3-5-15)18-10-13(8-9-28)11-19(26-18)22(24)29/h2-7,10-12,28H,8-9H2,1H3,(H2,24,29). The van der Waals surface area contributed by atoms with Crippen molar-refractivity contribution in [2.45, 2.75) is 6.42 Å². The van der Waals surface area contributed by atoms with Crippen molar-refractivity contribution >= 4 is 28.4 Å². The van der Waals surface area contributed by atoms with Crippen LogP contribution in [-0.4, -0.2) is 32.4 Å². The average Bonchev–Trinajstić information content (AvgIpc) is 3.13. The van der Waals surface area contributed by atoms with Gasteiger partial charge in [-0.2, -0.15) is 5.10 Å². The van der Waals surface area contributed by atoms with Crippen molar-refractivity contribution in [2.24, 2.45) is 12.8 Å². The van der Waals surface area contributed by atoms with Gasteiger partial charge in [0.05, 0.1) is 27.8 Å². The van der Waals surface area contributed by atoms with Crippen molar-refractivity contribution in [3.05, 3.63) is 71.0 Å². The van der Waals surface area contributed by atoms with Gasteiger partial charge in [-0.15, -0.1) is 0 Å². The first-order valence-electron chi connectivity index (χ1n) is 9.26. The number of hydrogen-bond donors (Lipinski definition) is 2. The van der Waals surface area contributed by atoms with Gasteiger partial charge in [0.2, 0.25) is 0 Å². The Morgan fingerprint density at radius 2 is 1.97 bits per heavy atom. The molecule has 4 rings (SSSR count).